The number of benzene rings is 6. The first-order valence-corrected chi connectivity index (χ1v) is 31.3. The molecule has 0 unspecified atom stereocenters. The number of carbonyl (C=O) groups excluding carboxylic acids is 5. The number of alkyl carbamates (subject to hydrolysis) is 1. The fourth-order valence-corrected chi connectivity index (χ4v) is 12.3. The Labute approximate surface area is 517 Å². The van der Waals surface area contributed by atoms with Gasteiger partial charge in [-0.1, -0.05) is 110 Å². The van der Waals surface area contributed by atoms with Crippen molar-refractivity contribution in [3.63, 3.8) is 0 Å². The monoisotopic (exact) mass is 1220 g/mol. The van der Waals surface area contributed by atoms with Crippen LogP contribution in [0.3, 0.4) is 0 Å². The molecule has 6 aromatic rings. The number of unbranched alkanes of at least 4 members (excludes halogenated alkanes) is 1. The van der Waals surface area contributed by atoms with Gasteiger partial charge < -0.3 is 45.4 Å². The van der Waals surface area contributed by atoms with Crippen LogP contribution in [0.1, 0.15) is 114 Å². The molecule has 0 fully saturated rings. The molecule has 88 heavy (non-hydrogen) atoms. The molecule has 0 aliphatic carbocycles. The molecule has 18 nitrogen and oxygen atoms in total. The summed E-state index contributed by atoms with van der Waals surface area (Å²) in [5.41, 5.74) is 9.95. The van der Waals surface area contributed by atoms with Crippen molar-refractivity contribution in [2.24, 2.45) is 16.6 Å². The molecule has 7 rings (SSSR count). The molecule has 1 aliphatic heterocycles. The Morgan fingerprint density at radius 3 is 2.03 bits per heavy atom. The highest BCUT2D eigenvalue weighted by atomic mass is 32.2. The average Bonchev–Trinajstić information content (AvgIpc) is 1.20. The standard InChI is InChI=1S/C69H84N6O12S/c1-11-23-55(65(79)85-42-47-24-14-13-15-25-47)74-64(78)50(28-22-39-71-66(70)75-88(81,82)63-45(4)44(3)62-51(46(63)5)36-37-69(9,10)86-62)41-56(76)54(31-20-21-38-72-67(80)87-68(6,7)8)73-59(77)43-84-58-35-33-49-27-17-19-30-53(49)61(58)60-52-29-18-16-26-48(52)32-34-57(60)83-40-12-2/h11-19,24-27,29-30,32-35,50,54-55H,1-2,20-23,28,31,36-43H2,3-10H3,(H,72,80)(H,73,77)(H,74,78)(H3,70,71,75)/t50-,54+,55-/m0/s1. The van der Waals surface area contributed by atoms with E-state index in [2.05, 4.69) is 38.8 Å². The van der Waals surface area contributed by atoms with E-state index >= 15 is 0 Å². The second kappa shape index (κ2) is 30.3. The number of ketones is 1. The minimum atomic E-state index is -4.24. The Hall–Kier alpha value is -8.71. The third-order valence-electron chi connectivity index (χ3n) is 15.3. The second-order valence-corrected chi connectivity index (χ2v) is 25.3. The van der Waals surface area contributed by atoms with Crippen LogP contribution in [0.25, 0.3) is 32.7 Å². The van der Waals surface area contributed by atoms with Crippen LogP contribution in [0.5, 0.6) is 17.2 Å². The maximum Gasteiger partial charge on any atom is 0.407 e. The number of nitrogens with one attached hydrogen (secondary N) is 4. The number of amides is 3. The molecule has 6 aromatic carbocycles. The Bertz CT molecular complexity index is 3670. The third-order valence-corrected chi connectivity index (χ3v) is 16.9. The maximum absolute atomic E-state index is 14.9. The summed E-state index contributed by atoms with van der Waals surface area (Å²) in [4.78, 5) is 74.4. The van der Waals surface area contributed by atoms with Gasteiger partial charge in [-0.05, 0) is 168 Å². The normalized spacial score (nSPS) is 14.0. The van der Waals surface area contributed by atoms with E-state index in [1.165, 1.54) is 6.08 Å². The number of nitrogens with two attached hydrogens (primary N) is 1. The molecule has 0 spiro atoms. The minimum absolute atomic E-state index is 0.00724. The van der Waals surface area contributed by atoms with Crippen LogP contribution in [-0.2, 0) is 51.7 Å². The average molecular weight is 1220 g/mol. The first-order chi connectivity index (χ1) is 41.9. The predicted octanol–water partition coefficient (Wildman–Crippen LogP) is 11.3. The molecule has 3 amide bonds. The van der Waals surface area contributed by atoms with Crippen molar-refractivity contribution in [2.75, 3.05) is 26.3 Å². The van der Waals surface area contributed by atoms with E-state index in [1.807, 2.05) is 106 Å². The van der Waals surface area contributed by atoms with E-state index < -0.39 is 81.9 Å². The first kappa shape index (κ1) is 66.8. The van der Waals surface area contributed by atoms with Gasteiger partial charge in [-0.15, -0.1) is 6.58 Å². The van der Waals surface area contributed by atoms with Crippen LogP contribution < -0.4 is 40.6 Å². The zero-order valence-electron chi connectivity index (χ0n) is 51.8. The first-order valence-electron chi connectivity index (χ1n) is 29.9. The molecule has 0 saturated carbocycles. The highest BCUT2D eigenvalue weighted by Gasteiger charge is 2.35. The lowest BCUT2D eigenvalue weighted by Gasteiger charge is -2.35. The summed E-state index contributed by atoms with van der Waals surface area (Å²) >= 11 is 0. The van der Waals surface area contributed by atoms with Crippen molar-refractivity contribution in [3.05, 3.63) is 156 Å². The summed E-state index contributed by atoms with van der Waals surface area (Å²) < 4.78 is 60.6. The molecular formula is C69H84N6O12S. The topological polar surface area (TPSA) is 252 Å². The van der Waals surface area contributed by atoms with E-state index in [1.54, 1.807) is 58.9 Å². The van der Waals surface area contributed by atoms with Gasteiger partial charge in [0.15, 0.2) is 12.4 Å². The number of fused-ring (bicyclic) bond motifs is 3. The number of hydrogen-bond donors (Lipinski definition) is 5. The van der Waals surface area contributed by atoms with Crippen LogP contribution in [0.4, 0.5) is 4.79 Å². The van der Waals surface area contributed by atoms with E-state index in [-0.39, 0.29) is 62.8 Å². The lowest BCUT2D eigenvalue weighted by Crippen LogP contribution is -2.47. The Morgan fingerprint density at radius 2 is 1.40 bits per heavy atom. The Balaban J connectivity index is 1.13. The fourth-order valence-electron chi connectivity index (χ4n) is 10.8. The molecule has 3 atom stereocenters. The molecule has 0 saturated heterocycles. The number of carbonyl (C=O) groups is 5. The van der Waals surface area contributed by atoms with Crippen molar-refractivity contribution >= 4 is 67.2 Å². The number of Topliss-reactive ketones (excluding diaryl/α,β-unsaturated/α-hetero) is 1. The lowest BCUT2D eigenvalue weighted by molar-refractivity contribution is -0.149. The Morgan fingerprint density at radius 1 is 0.761 bits per heavy atom. The van der Waals surface area contributed by atoms with Gasteiger partial charge >= 0.3 is 12.1 Å². The van der Waals surface area contributed by atoms with Gasteiger partial charge in [0.25, 0.3) is 15.9 Å². The highest BCUT2D eigenvalue weighted by Crippen LogP contribution is 2.46. The number of nitrogens with zero attached hydrogens (tertiary/aromatic N) is 1. The number of aliphatic imine (C=N–C) groups is 1. The summed E-state index contributed by atoms with van der Waals surface area (Å²) in [6.07, 6.45) is 4.47. The van der Waals surface area contributed by atoms with Crippen molar-refractivity contribution in [2.45, 2.75) is 148 Å². The van der Waals surface area contributed by atoms with Crippen LogP contribution >= 0.6 is 0 Å². The molecule has 0 aromatic heterocycles. The molecule has 0 bridgehead atoms. The maximum atomic E-state index is 14.9. The predicted molar refractivity (Wildman–Crippen MR) is 344 cm³/mol. The van der Waals surface area contributed by atoms with Crippen molar-refractivity contribution in [3.8, 4) is 28.4 Å². The molecule has 1 aliphatic rings. The van der Waals surface area contributed by atoms with Gasteiger partial charge in [0.1, 0.15) is 47.7 Å². The summed E-state index contributed by atoms with van der Waals surface area (Å²) in [5.74, 6) is -2.33. The van der Waals surface area contributed by atoms with E-state index in [0.29, 0.717) is 65.2 Å². The fraction of sp³-hybridized carbons (Fsp3) is 0.391. The number of esters is 1. The summed E-state index contributed by atoms with van der Waals surface area (Å²) in [6, 6.07) is 30.0. The molecule has 0 radical (unpaired) electrons. The van der Waals surface area contributed by atoms with Crippen LogP contribution in [0.2, 0.25) is 0 Å². The Kier molecular flexibility index (Phi) is 23.0. The molecule has 468 valence electrons. The summed E-state index contributed by atoms with van der Waals surface area (Å²) in [5, 5.41) is 12.0. The van der Waals surface area contributed by atoms with Gasteiger partial charge in [-0.2, -0.15) is 0 Å². The third kappa shape index (κ3) is 18.0. The SMILES string of the molecule is C=CCOc1ccc2ccccc2c1-c1c(OCC(=O)N[C@H](CCCCNC(=O)OC(C)(C)C)C(=O)C[C@H](CCCN=C(N)NS(=O)(=O)c2c(C)c(C)c3c(c2C)CCC(C)(C)O3)C(=O)N[C@@H](CC=C)C(=O)OCc2ccccc2)ccc2ccccc12. The second-order valence-electron chi connectivity index (χ2n) is 23.7. The number of rotatable bonds is 29. The van der Waals surface area contributed by atoms with Gasteiger partial charge in [0, 0.05) is 36.6 Å². The minimum Gasteiger partial charge on any atom is -0.489 e. The van der Waals surface area contributed by atoms with Crippen molar-refractivity contribution < 1.29 is 56.1 Å². The van der Waals surface area contributed by atoms with Crippen molar-refractivity contribution in [1.82, 2.24) is 20.7 Å². The van der Waals surface area contributed by atoms with Crippen molar-refractivity contribution in [1.29, 1.82) is 0 Å². The van der Waals surface area contributed by atoms with Crippen LogP contribution in [0.15, 0.2) is 138 Å². The summed E-state index contributed by atoms with van der Waals surface area (Å²) in [7, 11) is -4.24. The van der Waals surface area contributed by atoms with Gasteiger partial charge in [-0.25, -0.2) is 22.7 Å². The number of ether oxygens (including phenoxy) is 5. The smallest absolute Gasteiger partial charge is 0.407 e. The zero-order chi connectivity index (χ0) is 63.8. The largest absolute Gasteiger partial charge is 0.489 e. The van der Waals surface area contributed by atoms with Gasteiger partial charge in [-0.3, -0.25) is 19.4 Å². The highest BCUT2D eigenvalue weighted by molar-refractivity contribution is 7.90. The number of guanidine groups is 1. The number of sulfonamides is 1. The molecule has 6 N–H and O–H groups in total. The quantitative estimate of drug-likeness (QED) is 0.00964. The van der Waals surface area contributed by atoms with Crippen LogP contribution in [-0.4, -0.2) is 93.6 Å². The van der Waals surface area contributed by atoms with Crippen LogP contribution in [0, 0.1) is 26.7 Å². The lowest BCUT2D eigenvalue weighted by atomic mass is 9.88. The summed E-state index contributed by atoms with van der Waals surface area (Å²) in [6.45, 7) is 22.0. The molecular weight excluding hydrogens is 1140 g/mol. The zero-order valence-corrected chi connectivity index (χ0v) is 52.7. The number of hydrogen-bond acceptors (Lipinski definition) is 13. The van der Waals surface area contributed by atoms with E-state index in [0.717, 1.165) is 38.2 Å². The van der Waals surface area contributed by atoms with E-state index in [4.69, 9.17) is 29.4 Å². The molecule has 1 heterocycles. The van der Waals surface area contributed by atoms with Gasteiger partial charge in [0.2, 0.25) is 11.9 Å². The molecule has 19 heteroatoms. The van der Waals surface area contributed by atoms with Gasteiger partial charge in [0.05, 0.1) is 10.9 Å². The van der Waals surface area contributed by atoms with E-state index in [9.17, 15) is 32.4 Å².